The van der Waals surface area contributed by atoms with E-state index < -0.39 is 8.25 Å². The van der Waals surface area contributed by atoms with Crippen LogP contribution in [0.1, 0.15) is 0 Å². The topological polar surface area (TPSA) is 35.5 Å². The van der Waals surface area contributed by atoms with E-state index in [4.69, 9.17) is 9.05 Å². The van der Waals surface area contributed by atoms with Gasteiger partial charge in [-0.25, -0.2) is 4.57 Å². The van der Waals surface area contributed by atoms with E-state index in [1.807, 2.05) is 36.4 Å². The van der Waals surface area contributed by atoms with Gasteiger partial charge in [0.15, 0.2) is 0 Å². The predicted molar refractivity (Wildman–Crippen MR) is 63.1 cm³/mol. The van der Waals surface area contributed by atoms with Gasteiger partial charge in [0.25, 0.3) is 0 Å². The van der Waals surface area contributed by atoms with Crippen molar-refractivity contribution in [3.8, 4) is 11.5 Å². The summed E-state index contributed by atoms with van der Waals surface area (Å²) in [6, 6.07) is 17.9. The molecular formula is C12H11FeO3P+3. The van der Waals surface area contributed by atoms with Gasteiger partial charge in [0.1, 0.15) is 11.5 Å². The van der Waals surface area contributed by atoms with Crippen LogP contribution in [0.25, 0.3) is 0 Å². The molecule has 0 aromatic heterocycles. The standard InChI is InChI=1S/C12H11O3P.Fe/c13-16(14-11-7-3-1-4-8-11)15-12-9-5-2-6-10-12;/h1-10,16H;/q;+3. The molecule has 17 heavy (non-hydrogen) atoms. The van der Waals surface area contributed by atoms with E-state index in [9.17, 15) is 4.57 Å². The fourth-order valence-corrected chi connectivity index (χ4v) is 1.89. The summed E-state index contributed by atoms with van der Waals surface area (Å²) in [6.45, 7) is 0. The summed E-state index contributed by atoms with van der Waals surface area (Å²) < 4.78 is 21.8. The van der Waals surface area contributed by atoms with Crippen LogP contribution in [0.15, 0.2) is 60.7 Å². The number of para-hydroxylation sites is 2. The van der Waals surface area contributed by atoms with Crippen molar-refractivity contribution < 1.29 is 30.7 Å². The maximum atomic E-state index is 11.5. The fourth-order valence-electron chi connectivity index (χ4n) is 1.19. The van der Waals surface area contributed by atoms with E-state index in [2.05, 4.69) is 0 Å². The van der Waals surface area contributed by atoms with Crippen LogP contribution in [0.2, 0.25) is 0 Å². The Labute approximate surface area is 111 Å². The molecule has 0 amide bonds. The van der Waals surface area contributed by atoms with Crippen LogP contribution in [-0.4, -0.2) is 0 Å². The second-order valence-corrected chi connectivity index (χ2v) is 3.99. The van der Waals surface area contributed by atoms with Crippen molar-refractivity contribution in [1.82, 2.24) is 0 Å². The number of benzene rings is 2. The first-order valence-electron chi connectivity index (χ1n) is 4.84. The average molecular weight is 290 g/mol. The van der Waals surface area contributed by atoms with Crippen molar-refractivity contribution >= 4 is 8.25 Å². The largest absolute Gasteiger partial charge is 3.00 e. The molecule has 0 heterocycles. The molecule has 2 aromatic carbocycles. The molecule has 0 bridgehead atoms. The van der Waals surface area contributed by atoms with E-state index in [0.29, 0.717) is 11.5 Å². The van der Waals surface area contributed by atoms with Gasteiger partial charge in [-0.3, -0.25) is 0 Å². The Morgan fingerprint density at radius 1 is 0.706 bits per heavy atom. The molecule has 0 fully saturated rings. The van der Waals surface area contributed by atoms with Gasteiger partial charge in [0.05, 0.1) is 0 Å². The Bertz CT molecular complexity index is 418. The third-order valence-corrected chi connectivity index (χ3v) is 2.69. The third-order valence-electron chi connectivity index (χ3n) is 1.89. The minimum atomic E-state index is -2.54. The van der Waals surface area contributed by atoms with Crippen molar-refractivity contribution in [3.63, 3.8) is 0 Å². The Morgan fingerprint density at radius 3 is 1.41 bits per heavy atom. The van der Waals surface area contributed by atoms with Gasteiger partial charge in [0.2, 0.25) is 0 Å². The maximum absolute atomic E-state index is 11.5. The Morgan fingerprint density at radius 2 is 1.06 bits per heavy atom. The van der Waals surface area contributed by atoms with E-state index in [0.717, 1.165) is 0 Å². The van der Waals surface area contributed by atoms with Crippen molar-refractivity contribution in [2.75, 3.05) is 0 Å². The summed E-state index contributed by atoms with van der Waals surface area (Å²) in [5.41, 5.74) is 0. The van der Waals surface area contributed by atoms with Crippen LogP contribution in [-0.2, 0) is 21.6 Å². The van der Waals surface area contributed by atoms with Crippen LogP contribution < -0.4 is 9.05 Å². The molecule has 0 N–H and O–H groups in total. The zero-order chi connectivity index (χ0) is 11.2. The second kappa shape index (κ2) is 7.18. The molecule has 3 nitrogen and oxygen atoms in total. The molecule has 0 spiro atoms. The van der Waals surface area contributed by atoms with Crippen molar-refractivity contribution in [2.24, 2.45) is 0 Å². The van der Waals surface area contributed by atoms with Gasteiger partial charge in [-0.2, -0.15) is 0 Å². The molecule has 1 radical (unpaired) electrons. The molecule has 87 valence electrons. The summed E-state index contributed by atoms with van der Waals surface area (Å²) in [5.74, 6) is 1.09. The van der Waals surface area contributed by atoms with Crippen molar-refractivity contribution in [3.05, 3.63) is 60.7 Å². The summed E-state index contributed by atoms with van der Waals surface area (Å²) in [6.07, 6.45) is 0. The Hall–Kier alpha value is -1.21. The zero-order valence-corrected chi connectivity index (χ0v) is 11.0. The average Bonchev–Trinajstić information content (AvgIpc) is 2.31. The van der Waals surface area contributed by atoms with Crippen molar-refractivity contribution in [2.45, 2.75) is 0 Å². The van der Waals surface area contributed by atoms with Crippen LogP contribution in [0.3, 0.4) is 0 Å². The first-order valence-corrected chi connectivity index (χ1v) is 6.07. The van der Waals surface area contributed by atoms with Crippen LogP contribution in [0.4, 0.5) is 0 Å². The minimum Gasteiger partial charge on any atom is -0.418 e. The maximum Gasteiger partial charge on any atom is 3.00 e. The number of hydrogen-bond donors (Lipinski definition) is 0. The molecule has 0 saturated heterocycles. The van der Waals surface area contributed by atoms with E-state index in [-0.39, 0.29) is 17.1 Å². The zero-order valence-electron chi connectivity index (χ0n) is 8.85. The van der Waals surface area contributed by atoms with E-state index >= 15 is 0 Å². The predicted octanol–water partition coefficient (Wildman–Crippen LogP) is 3.53. The summed E-state index contributed by atoms with van der Waals surface area (Å²) >= 11 is 0. The van der Waals surface area contributed by atoms with Gasteiger partial charge in [-0.1, -0.05) is 36.4 Å². The van der Waals surface area contributed by atoms with E-state index in [1.165, 1.54) is 0 Å². The smallest absolute Gasteiger partial charge is 0.418 e. The number of hydrogen-bond acceptors (Lipinski definition) is 3. The summed E-state index contributed by atoms with van der Waals surface area (Å²) in [5, 5.41) is 0. The summed E-state index contributed by atoms with van der Waals surface area (Å²) in [4.78, 5) is 0. The molecule has 0 aliphatic carbocycles. The Kier molecular flexibility index (Phi) is 5.85. The first-order chi connectivity index (χ1) is 7.84. The van der Waals surface area contributed by atoms with Gasteiger partial charge >= 0.3 is 25.3 Å². The molecule has 0 aliphatic rings. The van der Waals surface area contributed by atoms with Crippen LogP contribution >= 0.6 is 8.25 Å². The molecular weight excluding hydrogens is 279 g/mol. The Balaban J connectivity index is 0.00000144. The molecule has 5 heteroatoms. The van der Waals surface area contributed by atoms with Crippen LogP contribution in [0.5, 0.6) is 11.5 Å². The first kappa shape index (κ1) is 13.9. The van der Waals surface area contributed by atoms with Gasteiger partial charge in [0, 0.05) is 0 Å². The number of rotatable bonds is 4. The molecule has 0 saturated carbocycles. The summed E-state index contributed by atoms with van der Waals surface area (Å²) in [7, 11) is -2.54. The normalized spacial score (nSPS) is 9.47. The van der Waals surface area contributed by atoms with E-state index in [1.54, 1.807) is 24.3 Å². The monoisotopic (exact) mass is 290 g/mol. The molecule has 2 rings (SSSR count). The third kappa shape index (κ3) is 4.66. The van der Waals surface area contributed by atoms with Crippen molar-refractivity contribution in [1.29, 1.82) is 0 Å². The SMILES string of the molecule is O=[PH](Oc1ccccc1)Oc1ccccc1.[Fe+3]. The van der Waals surface area contributed by atoms with Gasteiger partial charge in [-0.15, -0.1) is 0 Å². The van der Waals surface area contributed by atoms with Gasteiger partial charge < -0.3 is 9.05 Å². The quantitative estimate of drug-likeness (QED) is 0.638. The molecule has 2 aromatic rings. The van der Waals surface area contributed by atoms with Gasteiger partial charge in [-0.05, 0) is 24.3 Å². The fraction of sp³-hybridized carbons (Fsp3) is 0. The minimum absolute atomic E-state index is 0. The van der Waals surface area contributed by atoms with Crippen LogP contribution in [0, 0.1) is 0 Å². The second-order valence-electron chi connectivity index (χ2n) is 3.08. The molecule has 0 aliphatic heterocycles. The molecule has 0 atom stereocenters. The molecule has 0 unspecified atom stereocenters.